The van der Waals surface area contributed by atoms with Gasteiger partial charge in [0.2, 0.25) is 0 Å². The molecule has 0 saturated heterocycles. The van der Waals surface area contributed by atoms with Gasteiger partial charge in [-0.15, -0.1) is 0 Å². The van der Waals surface area contributed by atoms with Crippen LogP contribution in [0.5, 0.6) is 0 Å². The van der Waals surface area contributed by atoms with E-state index in [2.05, 4.69) is 10.3 Å². The summed E-state index contributed by atoms with van der Waals surface area (Å²) in [6.07, 6.45) is 2.97. The smallest absolute Gasteiger partial charge is 0.273 e. The zero-order valence-corrected chi connectivity index (χ0v) is 10.1. The highest BCUT2D eigenvalue weighted by molar-refractivity contribution is 6.03. The third-order valence-corrected chi connectivity index (χ3v) is 2.57. The largest absolute Gasteiger partial charge is 0.330 e. The molecule has 0 spiro atoms. The average molecular weight is 251 g/mol. The molecule has 0 atom stereocenters. The summed E-state index contributed by atoms with van der Waals surface area (Å²) in [6, 6.07) is 8.37. The summed E-state index contributed by atoms with van der Waals surface area (Å²) in [5.74, 6) is -0.325. The summed E-state index contributed by atoms with van der Waals surface area (Å²) in [5.41, 5.74) is 1.37. The van der Waals surface area contributed by atoms with Crippen LogP contribution in [0.1, 0.15) is 21.6 Å². The summed E-state index contributed by atoms with van der Waals surface area (Å²) < 4.78 is 1.59. The Morgan fingerprint density at radius 3 is 2.63 bits per heavy atom. The molecule has 92 valence electrons. The Morgan fingerprint density at radius 1 is 1.32 bits per heavy atom. The summed E-state index contributed by atoms with van der Waals surface area (Å²) in [4.78, 5) is 15.8. The number of amides is 1. The summed E-state index contributed by atoms with van der Waals surface area (Å²) in [5, 5.41) is 20.4. The summed E-state index contributed by atoms with van der Waals surface area (Å²) in [6.45, 7) is 0. The Hall–Kier alpha value is -3.12. The first-order valence-corrected chi connectivity index (χ1v) is 5.37. The van der Waals surface area contributed by atoms with E-state index in [0.717, 1.165) is 0 Å². The molecule has 1 aromatic heterocycles. The van der Waals surface area contributed by atoms with Crippen LogP contribution in [0.3, 0.4) is 0 Å². The van der Waals surface area contributed by atoms with E-state index in [4.69, 9.17) is 10.5 Å². The normalized spacial score (nSPS) is 9.42. The van der Waals surface area contributed by atoms with Gasteiger partial charge in [0.05, 0.1) is 23.7 Å². The molecule has 6 nitrogen and oxygen atoms in total. The predicted octanol–water partition coefficient (Wildman–Crippen LogP) is 1.42. The lowest BCUT2D eigenvalue weighted by molar-refractivity contribution is 0.101. The standard InChI is InChI=1S/C13H9N5O/c1-18-8-16-7-12(18)13(19)17-11-3-2-9(5-14)10(4-11)6-15/h2-4,7-8H,1H3,(H,17,19). The minimum atomic E-state index is -0.325. The van der Waals surface area contributed by atoms with Gasteiger partial charge in [0.25, 0.3) is 5.91 Å². The first-order valence-electron chi connectivity index (χ1n) is 5.37. The van der Waals surface area contributed by atoms with Crippen molar-refractivity contribution in [3.8, 4) is 12.1 Å². The van der Waals surface area contributed by atoms with Gasteiger partial charge in [0.15, 0.2) is 0 Å². The highest BCUT2D eigenvalue weighted by atomic mass is 16.1. The molecule has 0 aliphatic heterocycles. The van der Waals surface area contributed by atoms with Crippen molar-refractivity contribution in [2.75, 3.05) is 5.32 Å². The summed E-state index contributed by atoms with van der Waals surface area (Å²) >= 11 is 0. The molecule has 0 unspecified atom stereocenters. The highest BCUT2D eigenvalue weighted by Gasteiger charge is 2.11. The number of hydrogen-bond donors (Lipinski definition) is 1. The molecular formula is C13H9N5O. The molecule has 0 saturated carbocycles. The molecule has 0 aliphatic rings. The molecule has 6 heteroatoms. The number of nitrogens with zero attached hydrogens (tertiary/aromatic N) is 4. The van der Waals surface area contributed by atoms with Crippen molar-refractivity contribution in [2.45, 2.75) is 0 Å². The van der Waals surface area contributed by atoms with Crippen LogP contribution in [0.2, 0.25) is 0 Å². The van der Waals surface area contributed by atoms with Gasteiger partial charge in [-0.05, 0) is 18.2 Å². The number of nitrogens with one attached hydrogen (secondary N) is 1. The predicted molar refractivity (Wildman–Crippen MR) is 67.0 cm³/mol. The van der Waals surface area contributed by atoms with E-state index in [1.165, 1.54) is 24.7 Å². The van der Waals surface area contributed by atoms with Crippen LogP contribution < -0.4 is 5.32 Å². The lowest BCUT2D eigenvalue weighted by Gasteiger charge is -2.06. The van der Waals surface area contributed by atoms with Gasteiger partial charge in [0, 0.05) is 12.7 Å². The maximum atomic E-state index is 11.9. The maximum absolute atomic E-state index is 11.9. The average Bonchev–Trinajstić information content (AvgIpc) is 2.85. The number of rotatable bonds is 2. The number of anilines is 1. The van der Waals surface area contributed by atoms with E-state index >= 15 is 0 Å². The zero-order chi connectivity index (χ0) is 13.8. The minimum Gasteiger partial charge on any atom is -0.330 e. The maximum Gasteiger partial charge on any atom is 0.273 e. The molecule has 1 amide bonds. The quantitative estimate of drug-likeness (QED) is 0.873. The van der Waals surface area contributed by atoms with Gasteiger partial charge in [0.1, 0.15) is 17.8 Å². The number of benzene rings is 1. The topological polar surface area (TPSA) is 94.5 Å². The molecule has 1 N–H and O–H groups in total. The third-order valence-electron chi connectivity index (χ3n) is 2.57. The van der Waals surface area contributed by atoms with Crippen LogP contribution >= 0.6 is 0 Å². The van der Waals surface area contributed by atoms with Crippen molar-refractivity contribution in [2.24, 2.45) is 7.05 Å². The van der Waals surface area contributed by atoms with E-state index < -0.39 is 0 Å². The van der Waals surface area contributed by atoms with E-state index in [0.29, 0.717) is 11.4 Å². The van der Waals surface area contributed by atoms with E-state index in [1.807, 2.05) is 12.1 Å². The van der Waals surface area contributed by atoms with Crippen molar-refractivity contribution in [3.05, 3.63) is 47.5 Å². The Bertz CT molecular complexity index is 717. The molecule has 2 aromatic rings. The second-order valence-corrected chi connectivity index (χ2v) is 3.83. The fourth-order valence-electron chi connectivity index (χ4n) is 1.58. The van der Waals surface area contributed by atoms with Crippen molar-refractivity contribution in [3.63, 3.8) is 0 Å². The molecule has 19 heavy (non-hydrogen) atoms. The Kier molecular flexibility index (Phi) is 3.26. The molecule has 0 aliphatic carbocycles. The number of carbonyl (C=O) groups is 1. The molecule has 0 radical (unpaired) electrons. The van der Waals surface area contributed by atoms with Gasteiger partial charge in [-0.2, -0.15) is 10.5 Å². The van der Waals surface area contributed by atoms with Crippen LogP contribution in [0, 0.1) is 22.7 Å². The number of aryl methyl sites for hydroxylation is 1. The zero-order valence-electron chi connectivity index (χ0n) is 10.1. The Labute approximate surface area is 109 Å². The molecule has 0 fully saturated rings. The number of carbonyl (C=O) groups excluding carboxylic acids is 1. The third kappa shape index (κ3) is 2.43. The lowest BCUT2D eigenvalue weighted by Crippen LogP contribution is -2.15. The van der Waals surface area contributed by atoms with Crippen molar-refractivity contribution in [1.82, 2.24) is 9.55 Å². The van der Waals surface area contributed by atoms with Gasteiger partial charge in [-0.3, -0.25) is 4.79 Å². The molecular weight excluding hydrogens is 242 g/mol. The van der Waals surface area contributed by atoms with E-state index in [-0.39, 0.29) is 17.0 Å². The number of imidazole rings is 1. The first-order chi connectivity index (χ1) is 9.15. The van der Waals surface area contributed by atoms with E-state index in [9.17, 15) is 4.79 Å². The Balaban J connectivity index is 2.26. The van der Waals surface area contributed by atoms with Gasteiger partial charge >= 0.3 is 0 Å². The van der Waals surface area contributed by atoms with E-state index in [1.54, 1.807) is 17.7 Å². The van der Waals surface area contributed by atoms with Crippen LogP contribution in [-0.4, -0.2) is 15.5 Å². The number of hydrogen-bond acceptors (Lipinski definition) is 4. The molecule has 2 rings (SSSR count). The molecule has 1 heterocycles. The number of aromatic nitrogens is 2. The number of nitriles is 2. The van der Waals surface area contributed by atoms with Crippen molar-refractivity contribution < 1.29 is 4.79 Å². The van der Waals surface area contributed by atoms with Gasteiger partial charge in [-0.1, -0.05) is 0 Å². The molecule has 1 aromatic carbocycles. The van der Waals surface area contributed by atoms with Gasteiger partial charge < -0.3 is 9.88 Å². The SMILES string of the molecule is Cn1cncc1C(=O)Nc1ccc(C#N)c(C#N)c1. The molecule has 0 bridgehead atoms. The Morgan fingerprint density at radius 2 is 2.05 bits per heavy atom. The lowest BCUT2D eigenvalue weighted by atomic mass is 10.1. The van der Waals surface area contributed by atoms with Crippen LogP contribution in [0.4, 0.5) is 5.69 Å². The van der Waals surface area contributed by atoms with Crippen LogP contribution in [0.25, 0.3) is 0 Å². The monoisotopic (exact) mass is 251 g/mol. The fourth-order valence-corrected chi connectivity index (χ4v) is 1.58. The second-order valence-electron chi connectivity index (χ2n) is 3.83. The summed E-state index contributed by atoms with van der Waals surface area (Å²) in [7, 11) is 1.71. The highest BCUT2D eigenvalue weighted by Crippen LogP contribution is 2.15. The van der Waals surface area contributed by atoms with Gasteiger partial charge in [-0.25, -0.2) is 4.98 Å². The van der Waals surface area contributed by atoms with Crippen molar-refractivity contribution >= 4 is 11.6 Å². The fraction of sp³-hybridized carbons (Fsp3) is 0.0769. The first kappa shape index (κ1) is 12.3. The van der Waals surface area contributed by atoms with Crippen LogP contribution in [0.15, 0.2) is 30.7 Å². The second kappa shape index (κ2) is 5.03. The minimum absolute atomic E-state index is 0.227. The van der Waals surface area contributed by atoms with Crippen LogP contribution in [-0.2, 0) is 7.05 Å². The van der Waals surface area contributed by atoms with Crippen molar-refractivity contribution in [1.29, 1.82) is 10.5 Å².